The number of likely N-dealkylation sites (tertiary alicyclic amines) is 1. The monoisotopic (exact) mass is 353 g/mol. The van der Waals surface area contributed by atoms with Gasteiger partial charge in [-0.1, -0.05) is 30.3 Å². The van der Waals surface area contributed by atoms with Crippen LogP contribution in [0.1, 0.15) is 32.3 Å². The van der Waals surface area contributed by atoms with Crippen molar-refractivity contribution in [1.82, 2.24) is 10.2 Å². The van der Waals surface area contributed by atoms with Crippen LogP contribution in [0.2, 0.25) is 0 Å². The minimum atomic E-state index is -0.423. The Morgan fingerprint density at radius 1 is 1.29 bits per heavy atom. The molecule has 6 heteroatoms. The molecule has 1 unspecified atom stereocenters. The molecule has 1 aliphatic heterocycles. The van der Waals surface area contributed by atoms with Gasteiger partial charge in [-0.25, -0.2) is 0 Å². The summed E-state index contributed by atoms with van der Waals surface area (Å²) < 4.78 is 0. The summed E-state index contributed by atoms with van der Waals surface area (Å²) in [4.78, 5) is 26.5. The predicted molar refractivity (Wildman–Crippen MR) is 98.0 cm³/mol. The van der Waals surface area contributed by atoms with Crippen molar-refractivity contribution in [3.05, 3.63) is 35.9 Å². The van der Waals surface area contributed by atoms with Gasteiger partial charge in [0.1, 0.15) is 0 Å². The summed E-state index contributed by atoms with van der Waals surface area (Å²) in [5.74, 6) is -0.0422. The lowest BCUT2D eigenvalue weighted by Crippen LogP contribution is -2.50. The zero-order chi connectivity index (χ0) is 16.9. The van der Waals surface area contributed by atoms with Crippen LogP contribution in [-0.2, 0) is 16.0 Å². The number of rotatable bonds is 5. The summed E-state index contributed by atoms with van der Waals surface area (Å²) in [6.45, 7) is 5.44. The van der Waals surface area contributed by atoms with Crippen LogP contribution in [-0.4, -0.2) is 41.9 Å². The molecule has 1 aliphatic rings. The van der Waals surface area contributed by atoms with Crippen molar-refractivity contribution in [1.29, 1.82) is 0 Å². The quantitative estimate of drug-likeness (QED) is 0.846. The SMILES string of the molecule is CC(C)(N)CNC(=O)C1CCCN(C(=O)Cc2ccccc2)C1.Cl. The minimum Gasteiger partial charge on any atom is -0.354 e. The van der Waals surface area contributed by atoms with E-state index in [0.29, 0.717) is 19.5 Å². The van der Waals surface area contributed by atoms with E-state index in [4.69, 9.17) is 5.73 Å². The van der Waals surface area contributed by atoms with Crippen molar-refractivity contribution in [3.8, 4) is 0 Å². The van der Waals surface area contributed by atoms with Gasteiger partial charge in [-0.15, -0.1) is 12.4 Å². The first-order chi connectivity index (χ1) is 10.8. The molecule has 2 amide bonds. The topological polar surface area (TPSA) is 75.4 Å². The largest absolute Gasteiger partial charge is 0.354 e. The third-order valence-electron chi connectivity index (χ3n) is 4.06. The molecule has 1 fully saturated rings. The number of nitrogens with zero attached hydrogens (tertiary/aromatic N) is 1. The zero-order valence-corrected chi connectivity index (χ0v) is 15.3. The van der Waals surface area contributed by atoms with E-state index in [1.807, 2.05) is 49.1 Å². The Bertz CT molecular complexity index is 543. The van der Waals surface area contributed by atoms with Crippen molar-refractivity contribution < 1.29 is 9.59 Å². The maximum atomic E-state index is 12.4. The van der Waals surface area contributed by atoms with Gasteiger partial charge >= 0.3 is 0 Å². The minimum absolute atomic E-state index is 0. The molecule has 1 saturated heterocycles. The number of amides is 2. The molecule has 2 rings (SSSR count). The Balaban J connectivity index is 0.00000288. The first kappa shape index (κ1) is 20.5. The summed E-state index contributed by atoms with van der Waals surface area (Å²) in [6.07, 6.45) is 2.08. The van der Waals surface area contributed by atoms with Crippen molar-refractivity contribution >= 4 is 24.2 Å². The molecule has 5 nitrogen and oxygen atoms in total. The summed E-state index contributed by atoms with van der Waals surface area (Å²) in [7, 11) is 0. The maximum Gasteiger partial charge on any atom is 0.227 e. The lowest BCUT2D eigenvalue weighted by molar-refractivity contribution is -0.135. The molecule has 1 atom stereocenters. The van der Waals surface area contributed by atoms with Crippen LogP contribution in [0.25, 0.3) is 0 Å². The van der Waals surface area contributed by atoms with E-state index in [2.05, 4.69) is 5.32 Å². The van der Waals surface area contributed by atoms with Crippen LogP contribution in [0.4, 0.5) is 0 Å². The Kier molecular flexibility index (Phi) is 7.70. The molecule has 0 saturated carbocycles. The zero-order valence-electron chi connectivity index (χ0n) is 14.5. The molecule has 0 aliphatic carbocycles. The molecule has 0 aromatic heterocycles. The van der Waals surface area contributed by atoms with Gasteiger partial charge in [0, 0.05) is 25.2 Å². The van der Waals surface area contributed by atoms with E-state index < -0.39 is 5.54 Å². The Labute approximate surface area is 150 Å². The summed E-state index contributed by atoms with van der Waals surface area (Å²) in [5.41, 5.74) is 6.48. The molecule has 3 N–H and O–H groups in total. The molecular formula is C18H28ClN3O2. The second-order valence-corrected chi connectivity index (χ2v) is 7.05. The molecule has 24 heavy (non-hydrogen) atoms. The van der Waals surface area contributed by atoms with Crippen molar-refractivity contribution in [2.45, 2.75) is 38.6 Å². The van der Waals surface area contributed by atoms with Crippen LogP contribution >= 0.6 is 12.4 Å². The molecule has 1 aromatic rings. The highest BCUT2D eigenvalue weighted by Gasteiger charge is 2.28. The fourth-order valence-corrected chi connectivity index (χ4v) is 2.76. The summed E-state index contributed by atoms with van der Waals surface area (Å²) in [6, 6.07) is 9.71. The van der Waals surface area contributed by atoms with Gasteiger partial charge in [-0.05, 0) is 32.3 Å². The summed E-state index contributed by atoms with van der Waals surface area (Å²) in [5, 5.41) is 2.90. The van der Waals surface area contributed by atoms with Crippen LogP contribution in [0.15, 0.2) is 30.3 Å². The number of carbonyl (C=O) groups excluding carboxylic acids is 2. The normalized spacial score (nSPS) is 17.8. The fraction of sp³-hybridized carbons (Fsp3) is 0.556. The van der Waals surface area contributed by atoms with Gasteiger partial charge in [0.05, 0.1) is 12.3 Å². The van der Waals surface area contributed by atoms with Crippen molar-refractivity contribution in [2.24, 2.45) is 11.7 Å². The molecular weight excluding hydrogens is 326 g/mol. The number of halogens is 1. The number of benzene rings is 1. The Morgan fingerprint density at radius 3 is 2.58 bits per heavy atom. The highest BCUT2D eigenvalue weighted by molar-refractivity contribution is 5.85. The van der Waals surface area contributed by atoms with E-state index in [1.54, 1.807) is 0 Å². The van der Waals surface area contributed by atoms with Crippen LogP contribution in [0.3, 0.4) is 0 Å². The fourth-order valence-electron chi connectivity index (χ4n) is 2.76. The van der Waals surface area contributed by atoms with E-state index in [9.17, 15) is 9.59 Å². The number of piperidine rings is 1. The average molecular weight is 354 g/mol. The number of hydrogen-bond acceptors (Lipinski definition) is 3. The van der Waals surface area contributed by atoms with Crippen LogP contribution in [0, 0.1) is 5.92 Å². The number of nitrogens with two attached hydrogens (primary N) is 1. The van der Waals surface area contributed by atoms with Gasteiger partial charge in [0.25, 0.3) is 0 Å². The van der Waals surface area contributed by atoms with Gasteiger partial charge < -0.3 is 16.0 Å². The van der Waals surface area contributed by atoms with E-state index in [1.165, 1.54) is 0 Å². The first-order valence-electron chi connectivity index (χ1n) is 8.23. The second kappa shape index (κ2) is 9.04. The lowest BCUT2D eigenvalue weighted by atomic mass is 9.96. The molecule has 134 valence electrons. The van der Waals surface area contributed by atoms with Crippen LogP contribution in [0.5, 0.6) is 0 Å². The number of hydrogen-bond donors (Lipinski definition) is 2. The van der Waals surface area contributed by atoms with Gasteiger partial charge in [0.2, 0.25) is 11.8 Å². The molecule has 0 bridgehead atoms. The standard InChI is InChI=1S/C18H27N3O2.ClH/c1-18(2,19)13-20-17(23)15-9-6-10-21(12-15)16(22)11-14-7-4-3-5-8-14;/h3-5,7-8,15H,6,9-13,19H2,1-2H3,(H,20,23);1H. The maximum absolute atomic E-state index is 12.4. The van der Waals surface area contributed by atoms with Crippen molar-refractivity contribution in [3.63, 3.8) is 0 Å². The van der Waals surface area contributed by atoms with E-state index in [0.717, 1.165) is 24.9 Å². The third kappa shape index (κ3) is 6.49. The van der Waals surface area contributed by atoms with Crippen molar-refractivity contribution in [2.75, 3.05) is 19.6 Å². The predicted octanol–water partition coefficient (Wildman–Crippen LogP) is 1.74. The molecule has 0 radical (unpaired) electrons. The Morgan fingerprint density at radius 2 is 1.96 bits per heavy atom. The third-order valence-corrected chi connectivity index (χ3v) is 4.06. The smallest absolute Gasteiger partial charge is 0.227 e. The lowest BCUT2D eigenvalue weighted by Gasteiger charge is -2.32. The average Bonchev–Trinajstić information content (AvgIpc) is 2.53. The van der Waals surface area contributed by atoms with Gasteiger partial charge in [0.15, 0.2) is 0 Å². The van der Waals surface area contributed by atoms with E-state index in [-0.39, 0.29) is 30.1 Å². The van der Waals surface area contributed by atoms with E-state index >= 15 is 0 Å². The molecule has 0 spiro atoms. The van der Waals surface area contributed by atoms with Gasteiger partial charge in [-0.2, -0.15) is 0 Å². The first-order valence-corrected chi connectivity index (χ1v) is 8.23. The molecule has 1 heterocycles. The van der Waals surface area contributed by atoms with Crippen LogP contribution < -0.4 is 11.1 Å². The highest BCUT2D eigenvalue weighted by Crippen LogP contribution is 2.18. The number of carbonyl (C=O) groups is 2. The van der Waals surface area contributed by atoms with Gasteiger partial charge in [-0.3, -0.25) is 9.59 Å². The Hall–Kier alpha value is -1.59. The summed E-state index contributed by atoms with van der Waals surface area (Å²) >= 11 is 0. The number of nitrogens with one attached hydrogen (secondary N) is 1. The second-order valence-electron chi connectivity index (χ2n) is 7.05. The highest BCUT2D eigenvalue weighted by atomic mass is 35.5. The molecule has 1 aromatic carbocycles.